The Morgan fingerprint density at radius 2 is 1.90 bits per heavy atom. The van der Waals surface area contributed by atoms with E-state index in [9.17, 15) is 14.4 Å². The Balaban J connectivity index is 1.73. The van der Waals surface area contributed by atoms with Gasteiger partial charge in [-0.25, -0.2) is 0 Å². The third kappa shape index (κ3) is 5.72. The van der Waals surface area contributed by atoms with Crippen molar-refractivity contribution in [2.45, 2.75) is 25.7 Å². The highest BCUT2D eigenvalue weighted by molar-refractivity contribution is 7.80. The highest BCUT2D eigenvalue weighted by Crippen LogP contribution is 2.30. The van der Waals surface area contributed by atoms with Gasteiger partial charge in [0, 0.05) is 18.5 Å². The summed E-state index contributed by atoms with van der Waals surface area (Å²) in [5, 5.41) is 12.0. The van der Waals surface area contributed by atoms with E-state index < -0.39 is 17.8 Å². The summed E-state index contributed by atoms with van der Waals surface area (Å²) in [6.45, 7) is 0.279. The van der Waals surface area contributed by atoms with Crippen LogP contribution in [0.1, 0.15) is 31.4 Å². The molecule has 0 aliphatic carbocycles. The molecule has 10 heteroatoms. The van der Waals surface area contributed by atoms with Crippen LogP contribution >= 0.6 is 35.4 Å². The molecular formula is C21H18Cl2N2O5S. The molecule has 3 rings (SSSR count). The molecule has 7 nitrogen and oxygen atoms in total. The van der Waals surface area contributed by atoms with Gasteiger partial charge in [-0.1, -0.05) is 29.6 Å². The lowest BCUT2D eigenvalue weighted by atomic mass is 10.1. The van der Waals surface area contributed by atoms with Crippen molar-refractivity contribution in [3.05, 3.63) is 51.7 Å². The number of amides is 2. The molecule has 1 aliphatic heterocycles. The van der Waals surface area contributed by atoms with Crippen LogP contribution in [0.2, 0.25) is 10.0 Å². The van der Waals surface area contributed by atoms with Crippen molar-refractivity contribution >= 4 is 64.4 Å². The Kier molecular flexibility index (Phi) is 7.48. The molecule has 1 aliphatic rings. The molecule has 0 spiro atoms. The Bertz CT molecular complexity index is 1080. The Hall–Kier alpha value is -2.68. The molecule has 0 atom stereocenters. The quantitative estimate of drug-likeness (QED) is 0.249. The third-order valence-electron chi connectivity index (χ3n) is 4.58. The number of carboxylic acid groups (broad SMARTS) is 1. The SMILES string of the molecule is O=C(O)CCCCCN1C(=O)/C(=C/c2ccc(-c3ccc(Cl)c(Cl)c3)o2)C(=O)NC1=S. The molecule has 2 N–H and O–H groups in total. The van der Waals surface area contributed by atoms with E-state index >= 15 is 0 Å². The summed E-state index contributed by atoms with van der Waals surface area (Å²) < 4.78 is 5.74. The number of nitrogens with zero attached hydrogens (tertiary/aromatic N) is 1. The summed E-state index contributed by atoms with van der Waals surface area (Å²) in [5.74, 6) is -1.18. The van der Waals surface area contributed by atoms with E-state index in [0.717, 1.165) is 0 Å². The zero-order chi connectivity index (χ0) is 22.5. The molecule has 0 unspecified atom stereocenters. The predicted octanol–water partition coefficient (Wildman–Crippen LogP) is 4.53. The van der Waals surface area contributed by atoms with E-state index in [1.807, 2.05) is 0 Å². The number of hydrogen-bond acceptors (Lipinski definition) is 5. The number of nitrogens with one attached hydrogen (secondary N) is 1. The number of thiocarbonyl (C=S) groups is 1. The smallest absolute Gasteiger partial charge is 0.303 e. The van der Waals surface area contributed by atoms with Crippen molar-refractivity contribution in [3.8, 4) is 11.3 Å². The molecule has 1 aromatic heterocycles. The van der Waals surface area contributed by atoms with E-state index in [2.05, 4.69) is 5.32 Å². The van der Waals surface area contributed by atoms with E-state index in [1.54, 1.807) is 30.3 Å². The summed E-state index contributed by atoms with van der Waals surface area (Å²) in [4.78, 5) is 37.0. The fraction of sp³-hybridized carbons (Fsp3) is 0.238. The van der Waals surface area contributed by atoms with E-state index in [4.69, 9.17) is 44.9 Å². The highest BCUT2D eigenvalue weighted by Gasteiger charge is 2.33. The molecule has 2 heterocycles. The van der Waals surface area contributed by atoms with Gasteiger partial charge >= 0.3 is 5.97 Å². The predicted molar refractivity (Wildman–Crippen MR) is 121 cm³/mol. The van der Waals surface area contributed by atoms with Crippen LogP contribution in [0.3, 0.4) is 0 Å². The fourth-order valence-corrected chi connectivity index (χ4v) is 3.56. The summed E-state index contributed by atoms with van der Waals surface area (Å²) >= 11 is 17.1. The first kappa shape index (κ1) is 23.0. The molecule has 1 fully saturated rings. The molecular weight excluding hydrogens is 463 g/mol. The van der Waals surface area contributed by atoms with Crippen molar-refractivity contribution in [3.63, 3.8) is 0 Å². The van der Waals surface area contributed by atoms with Crippen molar-refractivity contribution < 1.29 is 23.9 Å². The van der Waals surface area contributed by atoms with E-state index in [1.165, 1.54) is 11.0 Å². The second-order valence-corrected chi connectivity index (χ2v) is 8.01. The maximum atomic E-state index is 12.8. The highest BCUT2D eigenvalue weighted by atomic mass is 35.5. The van der Waals surface area contributed by atoms with Crippen LogP contribution in [0.15, 0.2) is 40.3 Å². The third-order valence-corrected chi connectivity index (χ3v) is 5.64. The fourth-order valence-electron chi connectivity index (χ4n) is 3.00. The number of carboxylic acids is 1. The number of aliphatic carboxylic acids is 1. The Morgan fingerprint density at radius 3 is 2.61 bits per heavy atom. The summed E-state index contributed by atoms with van der Waals surface area (Å²) in [7, 11) is 0. The topological polar surface area (TPSA) is 99.8 Å². The number of unbranched alkanes of at least 4 members (excludes halogenated alkanes) is 2. The van der Waals surface area contributed by atoms with Gasteiger partial charge in [-0.15, -0.1) is 0 Å². The average Bonchev–Trinajstić information content (AvgIpc) is 3.17. The van der Waals surface area contributed by atoms with Crippen LogP contribution in [0.5, 0.6) is 0 Å². The summed E-state index contributed by atoms with van der Waals surface area (Å²) in [6.07, 6.45) is 3.11. The zero-order valence-electron chi connectivity index (χ0n) is 16.2. The number of benzene rings is 1. The first-order valence-corrected chi connectivity index (χ1v) is 10.6. The molecule has 2 amide bonds. The van der Waals surface area contributed by atoms with Crippen molar-refractivity contribution in [2.24, 2.45) is 0 Å². The zero-order valence-corrected chi connectivity index (χ0v) is 18.5. The number of hydrogen-bond donors (Lipinski definition) is 2. The molecule has 162 valence electrons. The molecule has 2 aromatic rings. The van der Waals surface area contributed by atoms with Gasteiger partial charge in [-0.3, -0.25) is 24.6 Å². The first-order valence-electron chi connectivity index (χ1n) is 9.42. The lowest BCUT2D eigenvalue weighted by Gasteiger charge is -2.28. The minimum absolute atomic E-state index is 0.0290. The number of rotatable bonds is 8. The van der Waals surface area contributed by atoms with Gasteiger partial charge < -0.3 is 9.52 Å². The Morgan fingerprint density at radius 1 is 1.13 bits per heavy atom. The van der Waals surface area contributed by atoms with Gasteiger partial charge in [0.25, 0.3) is 11.8 Å². The van der Waals surface area contributed by atoms with Crippen molar-refractivity contribution in [1.29, 1.82) is 0 Å². The molecule has 1 saturated heterocycles. The van der Waals surface area contributed by atoms with Gasteiger partial charge in [0.2, 0.25) is 0 Å². The molecule has 0 radical (unpaired) electrons. The minimum Gasteiger partial charge on any atom is -0.481 e. The summed E-state index contributed by atoms with van der Waals surface area (Å²) in [5.41, 5.74) is 0.594. The largest absolute Gasteiger partial charge is 0.481 e. The molecule has 31 heavy (non-hydrogen) atoms. The second kappa shape index (κ2) is 10.1. The first-order chi connectivity index (χ1) is 14.8. The van der Waals surface area contributed by atoms with Crippen LogP contribution < -0.4 is 5.32 Å². The van der Waals surface area contributed by atoms with E-state index in [0.29, 0.717) is 46.4 Å². The normalized spacial score (nSPS) is 15.5. The van der Waals surface area contributed by atoms with Crippen molar-refractivity contribution in [2.75, 3.05) is 6.54 Å². The molecule has 0 saturated carbocycles. The average molecular weight is 481 g/mol. The second-order valence-electron chi connectivity index (χ2n) is 6.81. The lowest BCUT2D eigenvalue weighted by molar-refractivity contribution is -0.137. The van der Waals surface area contributed by atoms with Crippen LogP contribution in [-0.4, -0.2) is 39.4 Å². The minimum atomic E-state index is -0.860. The monoisotopic (exact) mass is 480 g/mol. The van der Waals surface area contributed by atoms with Gasteiger partial charge in [-0.05, 0) is 61.5 Å². The van der Waals surface area contributed by atoms with E-state index in [-0.39, 0.29) is 23.7 Å². The number of carbonyl (C=O) groups is 3. The standard InChI is InChI=1S/C21H18Cl2N2O5S/c22-15-7-5-12(10-16(15)23)17-8-6-13(30-17)11-14-19(28)24-21(31)25(20(14)29)9-3-1-2-4-18(26)27/h5-8,10-11H,1-4,9H2,(H,26,27)(H,24,28,31)/b14-11+. The van der Waals surface area contributed by atoms with Crippen LogP contribution in [-0.2, 0) is 14.4 Å². The summed E-state index contributed by atoms with van der Waals surface area (Å²) in [6, 6.07) is 8.37. The van der Waals surface area contributed by atoms with Crippen LogP contribution in [0.25, 0.3) is 17.4 Å². The maximum Gasteiger partial charge on any atom is 0.303 e. The maximum absolute atomic E-state index is 12.8. The lowest BCUT2D eigenvalue weighted by Crippen LogP contribution is -2.54. The number of halogens is 2. The number of carbonyl (C=O) groups excluding carboxylic acids is 2. The van der Waals surface area contributed by atoms with Crippen LogP contribution in [0, 0.1) is 0 Å². The molecule has 0 bridgehead atoms. The van der Waals surface area contributed by atoms with Gasteiger partial charge in [0.05, 0.1) is 10.0 Å². The van der Waals surface area contributed by atoms with Crippen LogP contribution in [0.4, 0.5) is 0 Å². The van der Waals surface area contributed by atoms with Gasteiger partial charge in [0.15, 0.2) is 5.11 Å². The number of furan rings is 1. The van der Waals surface area contributed by atoms with Gasteiger partial charge in [-0.2, -0.15) is 0 Å². The molecule has 1 aromatic carbocycles. The van der Waals surface area contributed by atoms with Gasteiger partial charge in [0.1, 0.15) is 17.1 Å². The van der Waals surface area contributed by atoms with Crippen molar-refractivity contribution in [1.82, 2.24) is 10.2 Å². The Labute approximate surface area is 193 Å².